The Morgan fingerprint density at radius 3 is 2.67 bits per heavy atom. The number of aromatic nitrogens is 2. The van der Waals surface area contributed by atoms with Gasteiger partial charge in [-0.3, -0.25) is 9.36 Å². The molecule has 4 nitrogen and oxygen atoms in total. The van der Waals surface area contributed by atoms with Crippen LogP contribution in [0, 0.1) is 5.82 Å². The molecule has 2 aromatic carbocycles. The Bertz CT molecular complexity index is 1080. The van der Waals surface area contributed by atoms with E-state index in [4.69, 9.17) is 16.6 Å². The number of benzene rings is 2. The summed E-state index contributed by atoms with van der Waals surface area (Å²) in [6, 6.07) is 11.9. The molecule has 4 rings (SSSR count). The lowest BCUT2D eigenvalue weighted by Crippen LogP contribution is -2.32. The van der Waals surface area contributed by atoms with Crippen LogP contribution >= 0.6 is 23.4 Å². The van der Waals surface area contributed by atoms with Crippen LogP contribution in [0.15, 0.2) is 52.4 Å². The van der Waals surface area contributed by atoms with Gasteiger partial charge in [0.1, 0.15) is 5.82 Å². The minimum absolute atomic E-state index is 0.00746. The molecule has 2 heterocycles. The Morgan fingerprint density at radius 1 is 1.07 bits per heavy atom. The molecule has 0 bridgehead atoms. The third-order valence-corrected chi connectivity index (χ3v) is 6.88. The summed E-state index contributed by atoms with van der Waals surface area (Å²) in [4.78, 5) is 20.4. The third-order valence-electron chi connectivity index (χ3n) is 5.50. The van der Waals surface area contributed by atoms with Crippen LogP contribution in [0.4, 0.5) is 4.39 Å². The van der Waals surface area contributed by atoms with Gasteiger partial charge < -0.3 is 4.90 Å². The standard InChI is InChI=1S/C23H25ClFN3OS/c24-20-15-18(25)10-9-17(20)16-30-23-26-21-8-3-2-7-19(21)22(29)28(23)14-6-13-27-11-4-1-5-12-27/h2-3,7-10,15H,1,4-6,11-14,16H2. The zero-order chi connectivity index (χ0) is 20.9. The molecular weight excluding hydrogens is 421 g/mol. The second-order valence-electron chi connectivity index (χ2n) is 7.65. The van der Waals surface area contributed by atoms with Crippen molar-refractivity contribution < 1.29 is 4.39 Å². The molecule has 1 aliphatic heterocycles. The predicted molar refractivity (Wildman–Crippen MR) is 122 cm³/mol. The van der Waals surface area contributed by atoms with Crippen molar-refractivity contribution in [3.63, 3.8) is 0 Å². The Hall–Kier alpha value is -1.89. The minimum atomic E-state index is -0.354. The van der Waals surface area contributed by atoms with Gasteiger partial charge in [-0.05, 0) is 68.7 Å². The number of fused-ring (bicyclic) bond motifs is 1. The average molecular weight is 446 g/mol. The molecule has 158 valence electrons. The Morgan fingerprint density at radius 2 is 1.87 bits per heavy atom. The first-order valence-corrected chi connectivity index (χ1v) is 11.8. The first-order chi connectivity index (χ1) is 14.6. The zero-order valence-electron chi connectivity index (χ0n) is 16.8. The van der Waals surface area contributed by atoms with E-state index >= 15 is 0 Å². The van der Waals surface area contributed by atoms with Crippen molar-refractivity contribution in [3.05, 3.63) is 69.2 Å². The minimum Gasteiger partial charge on any atom is -0.303 e. The molecule has 0 radical (unpaired) electrons. The van der Waals surface area contributed by atoms with Gasteiger partial charge in [0, 0.05) is 17.3 Å². The van der Waals surface area contributed by atoms with Crippen LogP contribution in [-0.2, 0) is 12.3 Å². The highest BCUT2D eigenvalue weighted by molar-refractivity contribution is 7.98. The molecule has 0 atom stereocenters. The maximum Gasteiger partial charge on any atom is 0.262 e. The van der Waals surface area contributed by atoms with E-state index in [0.29, 0.717) is 33.4 Å². The zero-order valence-corrected chi connectivity index (χ0v) is 18.4. The number of nitrogens with zero attached hydrogens (tertiary/aromatic N) is 3. The molecule has 30 heavy (non-hydrogen) atoms. The highest BCUT2D eigenvalue weighted by Crippen LogP contribution is 2.27. The SMILES string of the molecule is O=c1c2ccccc2nc(SCc2ccc(F)cc2Cl)n1CCCN1CCCCC1. The lowest BCUT2D eigenvalue weighted by Gasteiger charge is -2.26. The van der Waals surface area contributed by atoms with E-state index in [1.165, 1.54) is 43.2 Å². The molecule has 0 unspecified atom stereocenters. The average Bonchev–Trinajstić information content (AvgIpc) is 2.76. The van der Waals surface area contributed by atoms with Gasteiger partial charge in [0.25, 0.3) is 5.56 Å². The van der Waals surface area contributed by atoms with Crippen molar-refractivity contribution in [1.29, 1.82) is 0 Å². The van der Waals surface area contributed by atoms with Crippen LogP contribution in [0.2, 0.25) is 5.02 Å². The number of rotatable bonds is 7. The smallest absolute Gasteiger partial charge is 0.262 e. The first-order valence-electron chi connectivity index (χ1n) is 10.4. The summed E-state index contributed by atoms with van der Waals surface area (Å²) in [7, 11) is 0. The molecule has 0 amide bonds. The van der Waals surface area contributed by atoms with E-state index in [2.05, 4.69) is 4.90 Å². The second-order valence-corrected chi connectivity index (χ2v) is 9.00. The van der Waals surface area contributed by atoms with Crippen LogP contribution < -0.4 is 5.56 Å². The van der Waals surface area contributed by atoms with Gasteiger partial charge in [-0.25, -0.2) is 9.37 Å². The predicted octanol–water partition coefficient (Wildman–Crippen LogP) is 5.36. The highest BCUT2D eigenvalue weighted by Gasteiger charge is 2.14. The van der Waals surface area contributed by atoms with Crippen molar-refractivity contribution in [3.8, 4) is 0 Å². The Kier molecular flexibility index (Phi) is 7.08. The molecule has 3 aromatic rings. The summed E-state index contributed by atoms with van der Waals surface area (Å²) >= 11 is 7.65. The van der Waals surface area contributed by atoms with Gasteiger partial charge in [-0.1, -0.05) is 48.0 Å². The van der Waals surface area contributed by atoms with E-state index < -0.39 is 0 Å². The van der Waals surface area contributed by atoms with E-state index in [9.17, 15) is 9.18 Å². The molecule has 0 spiro atoms. The second kappa shape index (κ2) is 9.94. The summed E-state index contributed by atoms with van der Waals surface area (Å²) in [5.74, 6) is 0.169. The number of halogens is 2. The van der Waals surface area contributed by atoms with Gasteiger partial charge >= 0.3 is 0 Å². The lowest BCUT2D eigenvalue weighted by molar-refractivity contribution is 0.221. The number of piperidine rings is 1. The molecule has 1 aromatic heterocycles. The van der Waals surface area contributed by atoms with Gasteiger partial charge in [0.05, 0.1) is 10.9 Å². The monoisotopic (exact) mass is 445 g/mol. The largest absolute Gasteiger partial charge is 0.303 e. The highest BCUT2D eigenvalue weighted by atomic mass is 35.5. The van der Waals surface area contributed by atoms with Gasteiger partial charge in [0.2, 0.25) is 0 Å². The fraction of sp³-hybridized carbons (Fsp3) is 0.391. The third kappa shape index (κ3) is 5.05. The normalized spacial score (nSPS) is 15.0. The summed E-state index contributed by atoms with van der Waals surface area (Å²) in [5, 5.41) is 1.71. The maximum atomic E-state index is 13.3. The molecule has 1 saturated heterocycles. The molecule has 0 N–H and O–H groups in total. The molecular formula is C23H25ClFN3OS. The van der Waals surface area contributed by atoms with E-state index in [0.717, 1.165) is 31.6 Å². The first kappa shape index (κ1) is 21.3. The number of hydrogen-bond donors (Lipinski definition) is 0. The van der Waals surface area contributed by atoms with Crippen molar-refractivity contribution in [1.82, 2.24) is 14.5 Å². The maximum absolute atomic E-state index is 13.3. The Labute approximate surface area is 185 Å². The van der Waals surface area contributed by atoms with Crippen LogP contribution in [0.1, 0.15) is 31.2 Å². The summed E-state index contributed by atoms with van der Waals surface area (Å²) in [5.41, 5.74) is 1.51. The molecule has 0 saturated carbocycles. The Balaban J connectivity index is 1.56. The van der Waals surface area contributed by atoms with Gasteiger partial charge in [-0.2, -0.15) is 0 Å². The number of thioether (sulfide) groups is 1. The fourth-order valence-corrected chi connectivity index (χ4v) is 5.21. The van der Waals surface area contributed by atoms with Crippen molar-refractivity contribution in [2.45, 2.75) is 43.1 Å². The van der Waals surface area contributed by atoms with Crippen molar-refractivity contribution in [2.75, 3.05) is 19.6 Å². The van der Waals surface area contributed by atoms with Crippen molar-refractivity contribution >= 4 is 34.3 Å². The molecule has 0 aliphatic carbocycles. The van der Waals surface area contributed by atoms with E-state index in [1.807, 2.05) is 24.3 Å². The van der Waals surface area contributed by atoms with E-state index in [1.54, 1.807) is 10.6 Å². The topological polar surface area (TPSA) is 38.1 Å². The number of hydrogen-bond acceptors (Lipinski definition) is 4. The van der Waals surface area contributed by atoms with Gasteiger partial charge in [0.15, 0.2) is 5.16 Å². The lowest BCUT2D eigenvalue weighted by atomic mass is 10.1. The van der Waals surface area contributed by atoms with Crippen LogP contribution in [0.5, 0.6) is 0 Å². The summed E-state index contributed by atoms with van der Waals surface area (Å²) in [6.45, 7) is 3.92. The van der Waals surface area contributed by atoms with Crippen LogP contribution in [-0.4, -0.2) is 34.1 Å². The molecule has 1 aliphatic rings. The molecule has 1 fully saturated rings. The van der Waals surface area contributed by atoms with Crippen molar-refractivity contribution in [2.24, 2.45) is 0 Å². The van der Waals surface area contributed by atoms with Gasteiger partial charge in [-0.15, -0.1) is 0 Å². The van der Waals surface area contributed by atoms with Crippen LogP contribution in [0.25, 0.3) is 10.9 Å². The van der Waals surface area contributed by atoms with Crippen LogP contribution in [0.3, 0.4) is 0 Å². The fourth-order valence-electron chi connectivity index (χ4n) is 3.87. The molecule has 7 heteroatoms. The van der Waals surface area contributed by atoms with E-state index in [-0.39, 0.29) is 11.4 Å². The summed E-state index contributed by atoms with van der Waals surface area (Å²) in [6.07, 6.45) is 4.75. The number of likely N-dealkylation sites (tertiary alicyclic amines) is 1. The summed E-state index contributed by atoms with van der Waals surface area (Å²) < 4.78 is 15.1. The number of para-hydroxylation sites is 1. The quantitative estimate of drug-likeness (QED) is 0.362.